The zero-order valence-corrected chi connectivity index (χ0v) is 17.2. The van der Waals surface area contributed by atoms with Crippen LogP contribution in [-0.4, -0.2) is 24.9 Å². The van der Waals surface area contributed by atoms with Crippen molar-refractivity contribution in [2.24, 2.45) is 5.92 Å². The molecule has 0 fully saturated rings. The molecule has 0 saturated carbocycles. The highest BCUT2D eigenvalue weighted by Crippen LogP contribution is 2.36. The smallest absolute Gasteiger partial charge is 0.239 e. The van der Waals surface area contributed by atoms with E-state index in [1.165, 1.54) is 11.8 Å². The molecule has 0 N–H and O–H groups in total. The topological polar surface area (TPSA) is 69.6 Å². The average Bonchev–Trinajstić information content (AvgIpc) is 3.15. The molecule has 0 aliphatic heterocycles. The number of benzene rings is 1. The number of hydrogen-bond acceptors (Lipinski definition) is 6. The third-order valence-corrected chi connectivity index (χ3v) is 5.23. The summed E-state index contributed by atoms with van der Waals surface area (Å²) in [5, 5.41) is 14.5. The highest BCUT2D eigenvalue weighted by Gasteiger charge is 2.22. The van der Waals surface area contributed by atoms with Gasteiger partial charge < -0.3 is 9.09 Å². The molecule has 1 atom stereocenters. The maximum Gasteiger partial charge on any atom is 0.239 e. The lowest BCUT2D eigenvalue weighted by Crippen LogP contribution is -2.08. The van der Waals surface area contributed by atoms with E-state index in [4.69, 9.17) is 27.7 Å². The predicted molar refractivity (Wildman–Crippen MR) is 104 cm³/mol. The molecule has 3 rings (SSSR count). The fraction of sp³-hybridized carbons (Fsp3) is 0.412. The van der Waals surface area contributed by atoms with Gasteiger partial charge in [-0.15, -0.1) is 10.2 Å². The van der Waals surface area contributed by atoms with Crippen LogP contribution >= 0.6 is 35.0 Å². The van der Waals surface area contributed by atoms with Gasteiger partial charge in [0.15, 0.2) is 16.8 Å². The first kappa shape index (κ1) is 19.2. The van der Waals surface area contributed by atoms with Crippen molar-refractivity contribution in [3.05, 3.63) is 40.0 Å². The molecule has 0 amide bonds. The van der Waals surface area contributed by atoms with Crippen molar-refractivity contribution >= 4 is 35.0 Å². The summed E-state index contributed by atoms with van der Waals surface area (Å²) in [5.74, 6) is 2.32. The standard InChI is InChI=1S/C17H19Cl2N5OS/c1-9(2)8-24-15(13-6-5-12(18)7-14(13)19)21-22-17(24)26-10(3)16-20-11(4)23-25-16/h5-7,9-10H,8H2,1-4H3. The largest absolute Gasteiger partial charge is 0.338 e. The summed E-state index contributed by atoms with van der Waals surface area (Å²) >= 11 is 13.9. The Balaban J connectivity index is 1.96. The van der Waals surface area contributed by atoms with Gasteiger partial charge in [0.05, 0.1) is 10.3 Å². The van der Waals surface area contributed by atoms with Crippen LogP contribution in [0.3, 0.4) is 0 Å². The van der Waals surface area contributed by atoms with Gasteiger partial charge in [0.2, 0.25) is 5.89 Å². The molecule has 1 aromatic carbocycles. The minimum atomic E-state index is -0.0418. The second-order valence-corrected chi connectivity index (χ2v) is 8.53. The summed E-state index contributed by atoms with van der Waals surface area (Å²) in [6, 6.07) is 5.38. The number of nitrogens with zero attached hydrogens (tertiary/aromatic N) is 5. The van der Waals surface area contributed by atoms with Crippen molar-refractivity contribution in [1.82, 2.24) is 24.9 Å². The molecule has 2 heterocycles. The van der Waals surface area contributed by atoms with Gasteiger partial charge in [-0.1, -0.05) is 54.0 Å². The predicted octanol–water partition coefficient (Wildman–Crippen LogP) is 5.45. The lowest BCUT2D eigenvalue weighted by Gasteiger charge is -2.14. The first-order chi connectivity index (χ1) is 12.3. The molecule has 0 saturated heterocycles. The van der Waals surface area contributed by atoms with Gasteiger partial charge in [-0.3, -0.25) is 0 Å². The maximum absolute atomic E-state index is 6.38. The summed E-state index contributed by atoms with van der Waals surface area (Å²) in [7, 11) is 0. The van der Waals surface area contributed by atoms with Crippen molar-refractivity contribution in [2.75, 3.05) is 0 Å². The molecule has 6 nitrogen and oxygen atoms in total. The normalized spacial score (nSPS) is 12.7. The third-order valence-electron chi connectivity index (χ3n) is 3.61. The Kier molecular flexibility index (Phi) is 5.89. The van der Waals surface area contributed by atoms with Crippen molar-refractivity contribution in [2.45, 2.75) is 44.6 Å². The van der Waals surface area contributed by atoms with Gasteiger partial charge in [0, 0.05) is 17.1 Å². The molecular formula is C17H19Cl2N5OS. The Morgan fingerprint density at radius 2 is 1.96 bits per heavy atom. The number of halogens is 2. The van der Waals surface area contributed by atoms with E-state index in [9.17, 15) is 0 Å². The highest BCUT2D eigenvalue weighted by molar-refractivity contribution is 7.99. The molecule has 0 bridgehead atoms. The minimum Gasteiger partial charge on any atom is -0.338 e. The Labute approximate surface area is 166 Å². The third kappa shape index (κ3) is 4.22. The Hall–Kier alpha value is -1.57. The van der Waals surface area contributed by atoms with Crippen LogP contribution < -0.4 is 0 Å². The second-order valence-electron chi connectivity index (χ2n) is 6.37. The van der Waals surface area contributed by atoms with E-state index in [1.807, 2.05) is 13.0 Å². The van der Waals surface area contributed by atoms with E-state index in [-0.39, 0.29) is 5.25 Å². The van der Waals surface area contributed by atoms with E-state index < -0.39 is 0 Å². The second kappa shape index (κ2) is 7.98. The average molecular weight is 412 g/mol. The van der Waals surface area contributed by atoms with Crippen LogP contribution in [0.15, 0.2) is 27.9 Å². The number of rotatable bonds is 6. The van der Waals surface area contributed by atoms with Crippen molar-refractivity contribution in [1.29, 1.82) is 0 Å². The van der Waals surface area contributed by atoms with Gasteiger partial charge in [0.25, 0.3) is 0 Å². The molecule has 1 unspecified atom stereocenters. The van der Waals surface area contributed by atoms with Gasteiger partial charge >= 0.3 is 0 Å². The summed E-state index contributed by atoms with van der Waals surface area (Å²) in [6.07, 6.45) is 0. The molecular weight excluding hydrogens is 393 g/mol. The van der Waals surface area contributed by atoms with E-state index in [0.29, 0.717) is 27.7 Å². The van der Waals surface area contributed by atoms with Crippen LogP contribution in [0.2, 0.25) is 10.0 Å². The summed E-state index contributed by atoms with van der Waals surface area (Å²) in [6.45, 7) is 8.85. The van der Waals surface area contributed by atoms with Crippen LogP contribution in [0.25, 0.3) is 11.4 Å². The fourth-order valence-electron chi connectivity index (χ4n) is 2.46. The molecule has 26 heavy (non-hydrogen) atoms. The summed E-state index contributed by atoms with van der Waals surface area (Å²) in [5.41, 5.74) is 0.803. The quantitative estimate of drug-likeness (QED) is 0.501. The van der Waals surface area contributed by atoms with Crippen LogP contribution in [0.1, 0.15) is 37.7 Å². The molecule has 9 heteroatoms. The molecule has 0 aliphatic rings. The van der Waals surface area contributed by atoms with Crippen molar-refractivity contribution < 1.29 is 4.52 Å². The molecule has 0 radical (unpaired) electrons. The first-order valence-corrected chi connectivity index (χ1v) is 9.84. The number of hydrogen-bond donors (Lipinski definition) is 0. The molecule has 138 valence electrons. The zero-order valence-electron chi connectivity index (χ0n) is 14.9. The SMILES string of the molecule is Cc1noc(C(C)Sc2nnc(-c3ccc(Cl)cc3Cl)n2CC(C)C)n1. The Morgan fingerprint density at radius 1 is 1.19 bits per heavy atom. The van der Waals surface area contributed by atoms with E-state index >= 15 is 0 Å². The minimum absolute atomic E-state index is 0.0418. The van der Waals surface area contributed by atoms with Gasteiger partial charge in [-0.05, 0) is 38.0 Å². The zero-order chi connectivity index (χ0) is 18.8. The molecule has 0 aliphatic carbocycles. The van der Waals surface area contributed by atoms with Crippen LogP contribution in [0.4, 0.5) is 0 Å². The van der Waals surface area contributed by atoms with Crippen LogP contribution in [-0.2, 0) is 6.54 Å². The van der Waals surface area contributed by atoms with E-state index in [2.05, 4.69) is 38.8 Å². The van der Waals surface area contributed by atoms with Crippen molar-refractivity contribution in [3.63, 3.8) is 0 Å². The number of aryl methyl sites for hydroxylation is 1. The van der Waals surface area contributed by atoms with Gasteiger partial charge in [-0.25, -0.2) is 0 Å². The Bertz CT molecular complexity index is 908. The fourth-order valence-corrected chi connectivity index (χ4v) is 3.84. The monoisotopic (exact) mass is 411 g/mol. The number of thioether (sulfide) groups is 1. The molecule has 3 aromatic rings. The number of aromatic nitrogens is 5. The Morgan fingerprint density at radius 3 is 2.58 bits per heavy atom. The summed E-state index contributed by atoms with van der Waals surface area (Å²) < 4.78 is 7.34. The lowest BCUT2D eigenvalue weighted by atomic mass is 10.2. The molecule has 0 spiro atoms. The van der Waals surface area contributed by atoms with Crippen LogP contribution in [0.5, 0.6) is 0 Å². The lowest BCUT2D eigenvalue weighted by molar-refractivity contribution is 0.376. The van der Waals surface area contributed by atoms with Gasteiger partial charge in [-0.2, -0.15) is 4.98 Å². The van der Waals surface area contributed by atoms with E-state index in [1.54, 1.807) is 19.1 Å². The maximum atomic E-state index is 6.38. The molecule has 2 aromatic heterocycles. The van der Waals surface area contributed by atoms with Crippen LogP contribution in [0, 0.1) is 12.8 Å². The van der Waals surface area contributed by atoms with E-state index in [0.717, 1.165) is 23.1 Å². The highest BCUT2D eigenvalue weighted by atomic mass is 35.5. The van der Waals surface area contributed by atoms with Crippen molar-refractivity contribution in [3.8, 4) is 11.4 Å². The van der Waals surface area contributed by atoms with Gasteiger partial charge in [0.1, 0.15) is 0 Å². The summed E-state index contributed by atoms with van der Waals surface area (Å²) in [4.78, 5) is 4.29. The first-order valence-electron chi connectivity index (χ1n) is 8.20.